The van der Waals surface area contributed by atoms with Crippen LogP contribution in [-0.2, 0) is 6.54 Å². The summed E-state index contributed by atoms with van der Waals surface area (Å²) in [6.07, 6.45) is 1.21. The topological polar surface area (TPSA) is 59.7 Å². The third-order valence-electron chi connectivity index (χ3n) is 4.99. The van der Waals surface area contributed by atoms with Gasteiger partial charge >= 0.3 is 0 Å². The third-order valence-corrected chi connectivity index (χ3v) is 5.35. The van der Waals surface area contributed by atoms with Crippen LogP contribution in [0.25, 0.3) is 11.2 Å². The molecule has 0 N–H and O–H groups in total. The molecule has 1 aliphatic heterocycles. The van der Waals surface area contributed by atoms with E-state index in [0.717, 1.165) is 18.9 Å². The van der Waals surface area contributed by atoms with Gasteiger partial charge in [0.1, 0.15) is 11.6 Å². The van der Waals surface area contributed by atoms with Crippen molar-refractivity contribution < 1.29 is 4.39 Å². The molecule has 1 saturated heterocycles. The first kappa shape index (κ1) is 18.1. The summed E-state index contributed by atoms with van der Waals surface area (Å²) in [6.45, 7) is 8.40. The Kier molecular flexibility index (Phi) is 4.72. The van der Waals surface area contributed by atoms with Gasteiger partial charge in [-0.1, -0.05) is 36.7 Å². The zero-order chi connectivity index (χ0) is 19.1. The molecule has 1 fully saturated rings. The lowest BCUT2D eigenvalue weighted by atomic mass is 9.92. The largest absolute Gasteiger partial charge is 0.354 e. The van der Waals surface area contributed by atoms with Gasteiger partial charge in [0.2, 0.25) is 0 Å². The van der Waals surface area contributed by atoms with E-state index >= 15 is 0 Å². The Bertz CT molecular complexity index is 957. The molecule has 2 unspecified atom stereocenters. The number of nitrogens with zero attached hydrogens (tertiary/aromatic N) is 6. The highest BCUT2D eigenvalue weighted by Crippen LogP contribution is 2.29. The van der Waals surface area contributed by atoms with Crippen molar-refractivity contribution in [2.75, 3.05) is 18.0 Å². The Morgan fingerprint density at radius 1 is 1.19 bits per heavy atom. The van der Waals surface area contributed by atoms with Crippen molar-refractivity contribution in [2.24, 2.45) is 11.8 Å². The molecule has 0 amide bonds. The predicted molar refractivity (Wildman–Crippen MR) is 104 cm³/mol. The fourth-order valence-electron chi connectivity index (χ4n) is 3.94. The zero-order valence-corrected chi connectivity index (χ0v) is 16.4. The molecule has 0 aliphatic carbocycles. The van der Waals surface area contributed by atoms with Crippen LogP contribution in [0.5, 0.6) is 0 Å². The van der Waals surface area contributed by atoms with Gasteiger partial charge in [-0.25, -0.2) is 19.0 Å². The van der Waals surface area contributed by atoms with Crippen LogP contribution in [0.4, 0.5) is 10.2 Å². The minimum absolute atomic E-state index is 0.171. The molecular formula is C19H22ClFN6. The maximum Gasteiger partial charge on any atom is 0.184 e. The summed E-state index contributed by atoms with van der Waals surface area (Å²) >= 11 is 6.17. The van der Waals surface area contributed by atoms with Crippen LogP contribution in [0.15, 0.2) is 18.2 Å². The van der Waals surface area contributed by atoms with Gasteiger partial charge in [0, 0.05) is 23.7 Å². The molecule has 0 bridgehead atoms. The minimum atomic E-state index is -0.365. The van der Waals surface area contributed by atoms with Crippen molar-refractivity contribution in [3.05, 3.63) is 40.4 Å². The molecule has 4 rings (SSSR count). The van der Waals surface area contributed by atoms with Crippen molar-refractivity contribution in [2.45, 2.75) is 33.7 Å². The van der Waals surface area contributed by atoms with Crippen LogP contribution in [0.3, 0.4) is 0 Å². The number of hydrogen-bond donors (Lipinski definition) is 0. The van der Waals surface area contributed by atoms with Crippen molar-refractivity contribution >= 4 is 28.6 Å². The van der Waals surface area contributed by atoms with Crippen LogP contribution in [-0.4, -0.2) is 38.1 Å². The number of anilines is 1. The molecule has 0 spiro atoms. The first-order valence-corrected chi connectivity index (χ1v) is 9.56. The van der Waals surface area contributed by atoms with E-state index in [1.165, 1.54) is 12.5 Å². The Morgan fingerprint density at radius 2 is 1.93 bits per heavy atom. The molecule has 27 heavy (non-hydrogen) atoms. The fourth-order valence-corrected chi connectivity index (χ4v) is 4.17. The Labute approximate surface area is 162 Å². The van der Waals surface area contributed by atoms with E-state index in [4.69, 9.17) is 11.6 Å². The highest BCUT2D eigenvalue weighted by Gasteiger charge is 2.26. The first-order chi connectivity index (χ1) is 12.9. The Balaban J connectivity index is 1.76. The highest BCUT2D eigenvalue weighted by atomic mass is 35.5. The molecular weight excluding hydrogens is 367 g/mol. The predicted octanol–water partition coefficient (Wildman–Crippen LogP) is 3.85. The van der Waals surface area contributed by atoms with Crippen molar-refractivity contribution in [3.8, 4) is 0 Å². The van der Waals surface area contributed by atoms with Crippen molar-refractivity contribution in [3.63, 3.8) is 0 Å². The second-order valence-corrected chi connectivity index (χ2v) is 7.97. The number of benzene rings is 1. The molecule has 2 aromatic heterocycles. The lowest BCUT2D eigenvalue weighted by Crippen LogP contribution is -2.39. The number of piperidine rings is 1. The normalized spacial score (nSPS) is 20.4. The number of hydrogen-bond acceptors (Lipinski definition) is 5. The standard InChI is InChI=1S/C19H22ClFN6/c1-11-7-12(2)9-26(8-11)18-17-19(23-13(3)22-18)27(25-24-17)10-14-15(20)5-4-6-16(14)21/h4-6,11-12H,7-10H2,1-3H3. The zero-order valence-electron chi connectivity index (χ0n) is 15.7. The van der Waals surface area contributed by atoms with Crippen molar-refractivity contribution in [1.29, 1.82) is 0 Å². The summed E-state index contributed by atoms with van der Waals surface area (Å²) in [5, 5.41) is 8.91. The summed E-state index contributed by atoms with van der Waals surface area (Å²) in [7, 11) is 0. The Hall–Kier alpha value is -2.28. The molecule has 142 valence electrons. The number of aromatic nitrogens is 5. The lowest BCUT2D eigenvalue weighted by Gasteiger charge is -2.35. The summed E-state index contributed by atoms with van der Waals surface area (Å²) in [4.78, 5) is 11.4. The fraction of sp³-hybridized carbons (Fsp3) is 0.474. The number of halogens is 2. The van der Waals surface area contributed by atoms with Crippen LogP contribution < -0.4 is 4.90 Å². The van der Waals surface area contributed by atoms with Crippen LogP contribution >= 0.6 is 11.6 Å². The van der Waals surface area contributed by atoms with Gasteiger partial charge in [0.25, 0.3) is 0 Å². The monoisotopic (exact) mass is 388 g/mol. The second-order valence-electron chi connectivity index (χ2n) is 7.56. The van der Waals surface area contributed by atoms with Gasteiger partial charge in [-0.2, -0.15) is 0 Å². The summed E-state index contributed by atoms with van der Waals surface area (Å²) in [5.74, 6) is 2.27. The van der Waals surface area contributed by atoms with Crippen molar-refractivity contribution in [1.82, 2.24) is 25.0 Å². The molecule has 0 radical (unpaired) electrons. The quantitative estimate of drug-likeness (QED) is 0.682. The summed E-state index contributed by atoms with van der Waals surface area (Å²) in [5.41, 5.74) is 1.63. The molecule has 3 aromatic rings. The van der Waals surface area contributed by atoms with Gasteiger partial charge < -0.3 is 4.90 Å². The van der Waals surface area contributed by atoms with Gasteiger partial charge in [-0.3, -0.25) is 0 Å². The van der Waals surface area contributed by atoms with Crippen LogP contribution in [0, 0.1) is 24.6 Å². The maximum absolute atomic E-state index is 14.2. The number of fused-ring (bicyclic) bond motifs is 1. The molecule has 1 aliphatic rings. The van der Waals surface area contributed by atoms with E-state index in [9.17, 15) is 4.39 Å². The van der Waals surface area contributed by atoms with E-state index in [2.05, 4.69) is 39.0 Å². The molecule has 3 heterocycles. The highest BCUT2D eigenvalue weighted by molar-refractivity contribution is 6.31. The van der Waals surface area contributed by atoms with E-state index in [-0.39, 0.29) is 12.4 Å². The van der Waals surface area contributed by atoms with E-state index < -0.39 is 0 Å². The van der Waals surface area contributed by atoms with Crippen LogP contribution in [0.1, 0.15) is 31.7 Å². The van der Waals surface area contributed by atoms with Gasteiger partial charge in [-0.15, -0.1) is 5.10 Å². The minimum Gasteiger partial charge on any atom is -0.354 e. The lowest BCUT2D eigenvalue weighted by molar-refractivity contribution is 0.355. The molecule has 0 saturated carbocycles. The number of rotatable bonds is 3. The third kappa shape index (κ3) is 3.48. The van der Waals surface area contributed by atoms with Crippen LogP contribution in [0.2, 0.25) is 5.02 Å². The molecule has 2 atom stereocenters. The summed E-state index contributed by atoms with van der Waals surface area (Å²) in [6, 6.07) is 4.65. The van der Waals surface area contributed by atoms with Gasteiger partial charge in [0.15, 0.2) is 17.0 Å². The average molecular weight is 389 g/mol. The van der Waals surface area contributed by atoms with E-state index in [0.29, 0.717) is 39.4 Å². The average Bonchev–Trinajstić information content (AvgIpc) is 2.99. The smallest absolute Gasteiger partial charge is 0.184 e. The second kappa shape index (κ2) is 7.03. The molecule has 8 heteroatoms. The number of aryl methyl sites for hydroxylation is 1. The van der Waals surface area contributed by atoms with Gasteiger partial charge in [-0.05, 0) is 37.3 Å². The van der Waals surface area contributed by atoms with E-state index in [1.807, 2.05) is 6.92 Å². The van der Waals surface area contributed by atoms with Gasteiger partial charge in [0.05, 0.1) is 6.54 Å². The Morgan fingerprint density at radius 3 is 2.63 bits per heavy atom. The SMILES string of the molecule is Cc1nc(N2CC(C)CC(C)C2)c2nnn(Cc3c(F)cccc3Cl)c2n1. The molecule has 6 nitrogen and oxygen atoms in total. The molecule has 1 aromatic carbocycles. The first-order valence-electron chi connectivity index (χ1n) is 9.18. The van der Waals surface area contributed by atoms with E-state index in [1.54, 1.807) is 16.8 Å². The maximum atomic E-state index is 14.2. The summed E-state index contributed by atoms with van der Waals surface area (Å²) < 4.78 is 15.8.